The first kappa shape index (κ1) is 33.2. The summed E-state index contributed by atoms with van der Waals surface area (Å²) in [7, 11) is 0. The SMILES string of the molecule is N#Cc1cccc(-c2cc(-n3c4ccccc4c4cc(-c5ccccc5)ccc43)c(C(F)(F)F)cc2-n2c3ccccc3c3cc(-c4ccccc4)ccc32)c1. The number of aromatic nitrogens is 2. The molecule has 3 nitrogen and oxygen atoms in total. The molecule has 0 N–H and O–H groups in total. The van der Waals surface area contributed by atoms with E-state index in [9.17, 15) is 5.26 Å². The van der Waals surface area contributed by atoms with E-state index in [-0.39, 0.29) is 5.69 Å². The lowest BCUT2D eigenvalue weighted by molar-refractivity contribution is -0.137. The standard InChI is InChI=1S/C50H30F3N3/c51-50(52,53)43-30-48(55-44-20-9-7-18-38(44)41-27-35(22-24-46(41)55)33-13-3-1-4-14-33)40(37-17-11-12-32(26-37)31-54)29-49(43)56-45-21-10-8-19-39(45)42-28-36(23-25-47(42)56)34-15-5-2-6-16-34/h1-30H. The van der Waals surface area contributed by atoms with Gasteiger partial charge in [-0.3, -0.25) is 0 Å². The summed E-state index contributed by atoms with van der Waals surface area (Å²) >= 11 is 0. The average molecular weight is 730 g/mol. The van der Waals surface area contributed by atoms with Gasteiger partial charge in [0.2, 0.25) is 0 Å². The van der Waals surface area contributed by atoms with Crippen LogP contribution in [0.2, 0.25) is 0 Å². The number of rotatable bonds is 5. The molecule has 0 atom stereocenters. The Morgan fingerprint density at radius 3 is 1.41 bits per heavy atom. The summed E-state index contributed by atoms with van der Waals surface area (Å²) in [5.41, 5.74) is 8.12. The smallest absolute Gasteiger partial charge is 0.309 e. The minimum Gasteiger partial charge on any atom is -0.309 e. The fourth-order valence-electron chi connectivity index (χ4n) is 8.25. The molecule has 0 amide bonds. The summed E-state index contributed by atoms with van der Waals surface area (Å²) in [4.78, 5) is 0. The summed E-state index contributed by atoms with van der Waals surface area (Å²) in [6.07, 6.45) is -4.72. The molecule has 0 radical (unpaired) electrons. The highest BCUT2D eigenvalue weighted by atomic mass is 19.4. The van der Waals surface area contributed by atoms with Crippen LogP contribution in [0.5, 0.6) is 0 Å². The number of halogens is 3. The molecule has 0 aliphatic heterocycles. The first-order chi connectivity index (χ1) is 27.4. The first-order valence-electron chi connectivity index (χ1n) is 18.3. The van der Waals surface area contributed by atoms with Crippen molar-refractivity contribution in [3.63, 3.8) is 0 Å². The highest BCUT2D eigenvalue weighted by Crippen LogP contribution is 2.45. The van der Waals surface area contributed by atoms with Crippen LogP contribution in [-0.2, 0) is 6.18 Å². The van der Waals surface area contributed by atoms with E-state index in [0.717, 1.165) is 54.8 Å². The van der Waals surface area contributed by atoms with E-state index in [1.54, 1.807) is 28.8 Å². The van der Waals surface area contributed by atoms with Crippen molar-refractivity contribution >= 4 is 43.6 Å². The molecular weight excluding hydrogens is 700 g/mol. The van der Waals surface area contributed by atoms with Gasteiger partial charge in [0.05, 0.1) is 50.6 Å². The second kappa shape index (κ2) is 12.9. The molecule has 0 aliphatic rings. The highest BCUT2D eigenvalue weighted by Gasteiger charge is 2.37. The highest BCUT2D eigenvalue weighted by molar-refractivity contribution is 6.12. The second-order valence-corrected chi connectivity index (χ2v) is 14.0. The predicted molar refractivity (Wildman–Crippen MR) is 221 cm³/mol. The van der Waals surface area contributed by atoms with Crippen molar-refractivity contribution in [2.45, 2.75) is 6.18 Å². The van der Waals surface area contributed by atoms with E-state index in [4.69, 9.17) is 0 Å². The Morgan fingerprint density at radius 2 is 0.875 bits per heavy atom. The van der Waals surface area contributed by atoms with Gasteiger partial charge in [0.1, 0.15) is 0 Å². The van der Waals surface area contributed by atoms with Gasteiger partial charge < -0.3 is 9.13 Å². The zero-order valence-electron chi connectivity index (χ0n) is 29.8. The maximum Gasteiger partial charge on any atom is 0.418 e. The minimum absolute atomic E-state index is 0.00408. The minimum atomic E-state index is -4.72. The van der Waals surface area contributed by atoms with E-state index in [2.05, 4.69) is 18.2 Å². The Morgan fingerprint density at radius 1 is 0.393 bits per heavy atom. The molecule has 0 spiro atoms. The van der Waals surface area contributed by atoms with Crippen molar-refractivity contribution in [1.29, 1.82) is 5.26 Å². The third-order valence-electron chi connectivity index (χ3n) is 10.8. The van der Waals surface area contributed by atoms with E-state index in [0.29, 0.717) is 33.4 Å². The summed E-state index contributed by atoms with van der Waals surface area (Å²) in [6, 6.07) is 59.8. The van der Waals surface area contributed by atoms with Crippen molar-refractivity contribution in [2.24, 2.45) is 0 Å². The summed E-state index contributed by atoms with van der Waals surface area (Å²) in [5, 5.41) is 13.5. The van der Waals surface area contributed by atoms with Crippen molar-refractivity contribution in [3.05, 3.63) is 193 Å². The number of hydrogen-bond acceptors (Lipinski definition) is 1. The molecule has 0 fully saturated rings. The van der Waals surface area contributed by atoms with Gasteiger partial charge >= 0.3 is 6.18 Å². The first-order valence-corrected chi connectivity index (χ1v) is 18.3. The van der Waals surface area contributed by atoms with Gasteiger partial charge in [-0.05, 0) is 88.5 Å². The van der Waals surface area contributed by atoms with E-state index in [1.165, 1.54) is 6.07 Å². The largest absolute Gasteiger partial charge is 0.418 e. The van der Waals surface area contributed by atoms with Crippen molar-refractivity contribution < 1.29 is 13.2 Å². The zero-order chi connectivity index (χ0) is 38.0. The Balaban J connectivity index is 1.31. The molecule has 0 aliphatic carbocycles. The molecule has 56 heavy (non-hydrogen) atoms. The zero-order valence-corrected chi connectivity index (χ0v) is 29.8. The molecule has 10 rings (SSSR count). The molecule has 2 aromatic heterocycles. The van der Waals surface area contributed by atoms with Crippen molar-refractivity contribution in [2.75, 3.05) is 0 Å². The molecular formula is C50H30F3N3. The third kappa shape index (κ3) is 5.36. The van der Waals surface area contributed by atoms with Crippen LogP contribution in [-0.4, -0.2) is 9.13 Å². The van der Waals surface area contributed by atoms with Crippen LogP contribution in [0.15, 0.2) is 182 Å². The van der Waals surface area contributed by atoms with Crippen LogP contribution in [0.4, 0.5) is 13.2 Å². The molecule has 0 unspecified atom stereocenters. The Hall–Kier alpha value is -7.36. The molecule has 6 heteroatoms. The summed E-state index contributed by atoms with van der Waals surface area (Å²) < 4.78 is 51.1. The fraction of sp³-hybridized carbons (Fsp3) is 0.0200. The molecule has 8 aromatic carbocycles. The lowest BCUT2D eigenvalue weighted by atomic mass is 9.97. The maximum absolute atomic E-state index is 15.8. The summed E-state index contributed by atoms with van der Waals surface area (Å²) in [5.74, 6) is 0. The number of fused-ring (bicyclic) bond motifs is 6. The molecule has 10 aromatic rings. The number of hydrogen-bond donors (Lipinski definition) is 0. The monoisotopic (exact) mass is 729 g/mol. The molecule has 0 saturated carbocycles. The summed E-state index contributed by atoms with van der Waals surface area (Å²) in [6.45, 7) is 0. The average Bonchev–Trinajstić information content (AvgIpc) is 3.75. The molecule has 0 saturated heterocycles. The maximum atomic E-state index is 15.8. The number of benzene rings is 8. The topological polar surface area (TPSA) is 33.6 Å². The van der Waals surface area contributed by atoms with E-state index < -0.39 is 11.7 Å². The van der Waals surface area contributed by atoms with Gasteiger partial charge in [-0.25, -0.2) is 0 Å². The Kier molecular flexibility index (Phi) is 7.65. The van der Waals surface area contributed by atoms with Gasteiger partial charge in [-0.15, -0.1) is 0 Å². The number of para-hydroxylation sites is 2. The quantitative estimate of drug-likeness (QED) is 0.174. The lowest BCUT2D eigenvalue weighted by Gasteiger charge is -2.22. The predicted octanol–water partition coefficient (Wildman–Crippen LogP) is 13.8. The third-order valence-corrected chi connectivity index (χ3v) is 10.8. The molecule has 0 bridgehead atoms. The number of nitrogens with zero attached hydrogens (tertiary/aromatic N) is 3. The van der Waals surface area contributed by atoms with Gasteiger partial charge in [-0.2, -0.15) is 18.4 Å². The number of alkyl halides is 3. The van der Waals surface area contributed by atoms with Gasteiger partial charge in [0.25, 0.3) is 0 Å². The van der Waals surface area contributed by atoms with Crippen LogP contribution in [0.1, 0.15) is 11.1 Å². The number of nitriles is 1. The lowest BCUT2D eigenvalue weighted by Crippen LogP contribution is -2.13. The Bertz CT molecular complexity index is 3180. The van der Waals surface area contributed by atoms with Crippen LogP contribution in [0.3, 0.4) is 0 Å². The van der Waals surface area contributed by atoms with Gasteiger partial charge in [0.15, 0.2) is 0 Å². The molecule has 2 heterocycles. The molecule has 266 valence electrons. The van der Waals surface area contributed by atoms with Gasteiger partial charge in [0, 0.05) is 27.1 Å². The van der Waals surface area contributed by atoms with Gasteiger partial charge in [-0.1, -0.05) is 121 Å². The van der Waals surface area contributed by atoms with Crippen LogP contribution in [0.25, 0.3) is 88.4 Å². The van der Waals surface area contributed by atoms with Crippen molar-refractivity contribution in [1.82, 2.24) is 9.13 Å². The van der Waals surface area contributed by atoms with E-state index in [1.807, 2.05) is 144 Å². The second-order valence-electron chi connectivity index (χ2n) is 14.0. The fourth-order valence-corrected chi connectivity index (χ4v) is 8.25. The van der Waals surface area contributed by atoms with Crippen LogP contribution >= 0.6 is 0 Å². The van der Waals surface area contributed by atoms with Crippen molar-refractivity contribution in [3.8, 4) is 50.8 Å². The normalized spacial score (nSPS) is 11.8. The van der Waals surface area contributed by atoms with E-state index >= 15 is 13.2 Å². The van der Waals surface area contributed by atoms with Crippen LogP contribution < -0.4 is 0 Å². The van der Waals surface area contributed by atoms with Crippen LogP contribution in [0, 0.1) is 11.3 Å². The Labute approximate surface area is 320 Å².